The Hall–Kier alpha value is -3.01. The maximum Gasteiger partial charge on any atom is 0.332 e. The lowest BCUT2D eigenvalue weighted by atomic mass is 10.3. The molecule has 0 aliphatic carbocycles. The Morgan fingerprint density at radius 3 is 2.55 bits per heavy atom. The van der Waals surface area contributed by atoms with E-state index in [0.717, 1.165) is 4.57 Å². The van der Waals surface area contributed by atoms with Crippen LogP contribution < -0.4 is 21.3 Å². The lowest BCUT2D eigenvalue weighted by Gasteiger charge is -2.13. The number of hydrogen-bond acceptors (Lipinski definition) is 6. The molecular formula is C19H23N5O4S. The van der Waals surface area contributed by atoms with Gasteiger partial charge in [-0.2, -0.15) is 0 Å². The van der Waals surface area contributed by atoms with Gasteiger partial charge in [-0.25, -0.2) is 9.78 Å². The summed E-state index contributed by atoms with van der Waals surface area (Å²) in [5.74, 6) is 0.421. The van der Waals surface area contributed by atoms with Gasteiger partial charge < -0.3 is 14.6 Å². The fraction of sp³-hybridized carbons (Fsp3) is 0.368. The molecule has 1 amide bonds. The molecule has 2 heterocycles. The highest BCUT2D eigenvalue weighted by Crippen LogP contribution is 2.27. The summed E-state index contributed by atoms with van der Waals surface area (Å²) in [7, 11) is 4.55. The third-order valence-corrected chi connectivity index (χ3v) is 5.44. The van der Waals surface area contributed by atoms with Crippen LogP contribution in [-0.2, 0) is 18.9 Å². The fourth-order valence-corrected chi connectivity index (χ4v) is 3.96. The molecule has 0 spiro atoms. The minimum Gasteiger partial charge on any atom is -0.495 e. The molecule has 3 rings (SSSR count). The van der Waals surface area contributed by atoms with Gasteiger partial charge in [0, 0.05) is 20.1 Å². The number of nitrogens with zero attached hydrogens (tertiary/aromatic N) is 4. The number of hydrogen-bond donors (Lipinski definition) is 1. The summed E-state index contributed by atoms with van der Waals surface area (Å²) in [6.45, 7) is 3.84. The number of imidazole rings is 1. The molecule has 1 N–H and O–H groups in total. The molecule has 10 heteroatoms. The van der Waals surface area contributed by atoms with Crippen LogP contribution in [0.5, 0.6) is 5.75 Å². The quantitative estimate of drug-likeness (QED) is 0.614. The van der Waals surface area contributed by atoms with E-state index < -0.39 is 11.2 Å². The fourth-order valence-electron chi connectivity index (χ4n) is 3.04. The van der Waals surface area contributed by atoms with Crippen molar-refractivity contribution in [2.45, 2.75) is 25.0 Å². The maximum atomic E-state index is 12.7. The van der Waals surface area contributed by atoms with Crippen LogP contribution in [0, 0.1) is 0 Å². The van der Waals surface area contributed by atoms with Crippen molar-refractivity contribution < 1.29 is 9.53 Å². The molecule has 0 aliphatic heterocycles. The van der Waals surface area contributed by atoms with Gasteiger partial charge in [0.05, 0.1) is 18.6 Å². The number of nitrogens with one attached hydrogen (secondary N) is 1. The number of thioether (sulfide) groups is 1. The second-order valence-corrected chi connectivity index (χ2v) is 7.72. The van der Waals surface area contributed by atoms with Crippen molar-refractivity contribution in [3.63, 3.8) is 0 Å². The van der Waals surface area contributed by atoms with Crippen LogP contribution in [-0.4, -0.2) is 37.5 Å². The Morgan fingerprint density at radius 2 is 1.90 bits per heavy atom. The van der Waals surface area contributed by atoms with E-state index in [1.54, 1.807) is 29.8 Å². The highest BCUT2D eigenvalue weighted by Gasteiger charge is 2.21. The Morgan fingerprint density at radius 1 is 1.21 bits per heavy atom. The van der Waals surface area contributed by atoms with E-state index in [0.29, 0.717) is 27.8 Å². The maximum absolute atomic E-state index is 12.7. The highest BCUT2D eigenvalue weighted by molar-refractivity contribution is 7.99. The molecule has 1 aromatic carbocycles. The molecule has 0 unspecified atom stereocenters. The monoisotopic (exact) mass is 417 g/mol. The first kappa shape index (κ1) is 20.7. The summed E-state index contributed by atoms with van der Waals surface area (Å²) in [6, 6.07) is 7.06. The Balaban J connectivity index is 1.92. The van der Waals surface area contributed by atoms with Crippen molar-refractivity contribution in [2.24, 2.45) is 14.1 Å². The van der Waals surface area contributed by atoms with Crippen molar-refractivity contribution in [2.75, 3.05) is 18.2 Å². The summed E-state index contributed by atoms with van der Waals surface area (Å²) < 4.78 is 9.41. The van der Waals surface area contributed by atoms with Gasteiger partial charge >= 0.3 is 5.69 Å². The average molecular weight is 417 g/mol. The van der Waals surface area contributed by atoms with Crippen LogP contribution in [0.15, 0.2) is 39.0 Å². The predicted molar refractivity (Wildman–Crippen MR) is 113 cm³/mol. The van der Waals surface area contributed by atoms with E-state index in [9.17, 15) is 14.4 Å². The third kappa shape index (κ3) is 3.80. The first-order valence-electron chi connectivity index (χ1n) is 8.99. The van der Waals surface area contributed by atoms with Crippen LogP contribution >= 0.6 is 11.8 Å². The smallest absolute Gasteiger partial charge is 0.332 e. The average Bonchev–Trinajstić information content (AvgIpc) is 3.09. The largest absolute Gasteiger partial charge is 0.495 e. The Bertz CT molecular complexity index is 1190. The van der Waals surface area contributed by atoms with E-state index in [1.807, 2.05) is 19.9 Å². The normalized spacial score (nSPS) is 11.2. The van der Waals surface area contributed by atoms with Crippen LogP contribution in [0.25, 0.3) is 11.2 Å². The van der Waals surface area contributed by atoms with Crippen molar-refractivity contribution in [3.8, 4) is 5.75 Å². The van der Waals surface area contributed by atoms with Crippen molar-refractivity contribution in [3.05, 3.63) is 45.1 Å². The minimum absolute atomic E-state index is 0.0787. The molecule has 29 heavy (non-hydrogen) atoms. The van der Waals surface area contributed by atoms with Gasteiger partial charge in [-0.05, 0) is 26.0 Å². The number of amides is 1. The molecule has 0 saturated carbocycles. The number of para-hydroxylation sites is 2. The van der Waals surface area contributed by atoms with E-state index >= 15 is 0 Å². The SMILES string of the molecule is COc1ccccc1NC(=O)CSc1nc2c(c(=O)n(C)c(=O)n2C)n1C(C)C. The minimum atomic E-state index is -0.443. The molecule has 154 valence electrons. The van der Waals surface area contributed by atoms with Crippen LogP contribution in [0.2, 0.25) is 0 Å². The summed E-state index contributed by atoms with van der Waals surface area (Å²) in [5.41, 5.74) is 0.377. The number of anilines is 1. The number of ether oxygens (including phenoxy) is 1. The zero-order valence-electron chi connectivity index (χ0n) is 16.9. The molecule has 0 aliphatic rings. The third-order valence-electron chi connectivity index (χ3n) is 4.49. The number of aryl methyl sites for hydroxylation is 1. The van der Waals surface area contributed by atoms with Gasteiger partial charge in [0.15, 0.2) is 16.3 Å². The Labute approximate surface area is 171 Å². The zero-order valence-corrected chi connectivity index (χ0v) is 17.7. The summed E-state index contributed by atoms with van der Waals surface area (Å²) in [6.07, 6.45) is 0. The van der Waals surface area contributed by atoms with E-state index in [1.165, 1.54) is 30.5 Å². The second-order valence-electron chi connectivity index (χ2n) is 6.77. The van der Waals surface area contributed by atoms with Gasteiger partial charge in [0.1, 0.15) is 5.75 Å². The molecule has 0 atom stereocenters. The van der Waals surface area contributed by atoms with Crippen LogP contribution in [0.1, 0.15) is 19.9 Å². The van der Waals surface area contributed by atoms with Crippen molar-refractivity contribution in [1.82, 2.24) is 18.7 Å². The summed E-state index contributed by atoms with van der Waals surface area (Å²) in [4.78, 5) is 41.8. The van der Waals surface area contributed by atoms with Gasteiger partial charge in [0.25, 0.3) is 5.56 Å². The van der Waals surface area contributed by atoms with Gasteiger partial charge in [-0.15, -0.1) is 0 Å². The molecule has 0 saturated heterocycles. The zero-order chi connectivity index (χ0) is 21.3. The van der Waals surface area contributed by atoms with Crippen molar-refractivity contribution in [1.29, 1.82) is 0 Å². The van der Waals surface area contributed by atoms with Crippen LogP contribution in [0.3, 0.4) is 0 Å². The van der Waals surface area contributed by atoms with Gasteiger partial charge in [-0.1, -0.05) is 23.9 Å². The first-order valence-corrected chi connectivity index (χ1v) is 9.98. The molecule has 0 radical (unpaired) electrons. The topological polar surface area (TPSA) is 100 Å². The van der Waals surface area contributed by atoms with Gasteiger partial charge in [0.2, 0.25) is 5.91 Å². The van der Waals surface area contributed by atoms with Crippen molar-refractivity contribution >= 4 is 34.5 Å². The second kappa shape index (κ2) is 8.16. The number of methoxy groups -OCH3 is 1. The first-order chi connectivity index (χ1) is 13.8. The standard InChI is InChI=1S/C19H23N5O4S/c1-11(2)24-15-16(22(3)19(27)23(4)17(15)26)21-18(24)29-10-14(25)20-12-8-6-7-9-13(12)28-5/h6-9,11H,10H2,1-5H3,(H,20,25). The summed E-state index contributed by atoms with van der Waals surface area (Å²) in [5, 5.41) is 3.32. The number of benzene rings is 1. The number of aromatic nitrogens is 4. The van der Waals surface area contributed by atoms with E-state index in [4.69, 9.17) is 4.74 Å². The number of carbonyl (C=O) groups excluding carboxylic acids is 1. The molecule has 9 nitrogen and oxygen atoms in total. The van der Waals surface area contributed by atoms with Gasteiger partial charge in [-0.3, -0.25) is 18.7 Å². The lowest BCUT2D eigenvalue weighted by molar-refractivity contribution is -0.113. The molecule has 3 aromatic rings. The molecule has 0 bridgehead atoms. The summed E-state index contributed by atoms with van der Waals surface area (Å²) >= 11 is 1.21. The molecule has 2 aromatic heterocycles. The molecule has 0 fully saturated rings. The molecular weight excluding hydrogens is 394 g/mol. The number of rotatable bonds is 6. The van der Waals surface area contributed by atoms with Crippen LogP contribution in [0.4, 0.5) is 5.69 Å². The predicted octanol–water partition coefficient (Wildman–Crippen LogP) is 1.75. The number of fused-ring (bicyclic) bond motifs is 1. The number of carbonyl (C=O) groups is 1. The Kier molecular flexibility index (Phi) is 5.83. The van der Waals surface area contributed by atoms with E-state index in [2.05, 4.69) is 10.3 Å². The highest BCUT2D eigenvalue weighted by atomic mass is 32.2. The lowest BCUT2D eigenvalue weighted by Crippen LogP contribution is -2.37. The van der Waals surface area contributed by atoms with E-state index in [-0.39, 0.29) is 17.7 Å².